The topological polar surface area (TPSA) is 38.5 Å². The Labute approximate surface area is 104 Å². The summed E-state index contributed by atoms with van der Waals surface area (Å²) in [5.41, 5.74) is 8.58. The SMILES string of the molecule is CCN(CC)C(CN)c1ccc2c(c1)CCO2. The first-order valence-electron chi connectivity index (χ1n) is 6.49. The van der Waals surface area contributed by atoms with Crippen LogP contribution in [0.2, 0.25) is 0 Å². The van der Waals surface area contributed by atoms with Gasteiger partial charge in [-0.3, -0.25) is 4.90 Å². The molecule has 0 saturated carbocycles. The van der Waals surface area contributed by atoms with Crippen LogP contribution in [0.15, 0.2) is 18.2 Å². The van der Waals surface area contributed by atoms with Crippen LogP contribution in [0.1, 0.15) is 31.0 Å². The van der Waals surface area contributed by atoms with E-state index in [2.05, 4.69) is 36.9 Å². The van der Waals surface area contributed by atoms with E-state index >= 15 is 0 Å². The van der Waals surface area contributed by atoms with E-state index in [1.54, 1.807) is 0 Å². The van der Waals surface area contributed by atoms with Gasteiger partial charge in [0.1, 0.15) is 5.75 Å². The van der Waals surface area contributed by atoms with Crippen molar-refractivity contribution in [2.24, 2.45) is 5.73 Å². The molecule has 0 amide bonds. The van der Waals surface area contributed by atoms with Crippen LogP contribution in [-0.4, -0.2) is 31.1 Å². The van der Waals surface area contributed by atoms with Gasteiger partial charge in [0.15, 0.2) is 0 Å². The van der Waals surface area contributed by atoms with Gasteiger partial charge in [0, 0.05) is 19.0 Å². The number of hydrogen-bond acceptors (Lipinski definition) is 3. The molecule has 1 unspecified atom stereocenters. The summed E-state index contributed by atoms with van der Waals surface area (Å²) in [6, 6.07) is 6.83. The van der Waals surface area contributed by atoms with Crippen molar-refractivity contribution in [3.05, 3.63) is 29.3 Å². The highest BCUT2D eigenvalue weighted by molar-refractivity contribution is 5.40. The molecular formula is C14H22N2O. The molecule has 0 aromatic heterocycles. The lowest BCUT2D eigenvalue weighted by Gasteiger charge is -2.29. The average Bonchev–Trinajstić information content (AvgIpc) is 2.82. The predicted molar refractivity (Wildman–Crippen MR) is 70.4 cm³/mol. The molecule has 17 heavy (non-hydrogen) atoms. The van der Waals surface area contributed by atoms with E-state index < -0.39 is 0 Å². The van der Waals surface area contributed by atoms with Crippen LogP contribution < -0.4 is 10.5 Å². The molecule has 1 aliphatic heterocycles. The van der Waals surface area contributed by atoms with Crippen molar-refractivity contribution in [1.29, 1.82) is 0 Å². The summed E-state index contributed by atoms with van der Waals surface area (Å²) in [5, 5.41) is 0. The van der Waals surface area contributed by atoms with E-state index in [-0.39, 0.29) is 0 Å². The largest absolute Gasteiger partial charge is 0.493 e. The molecule has 2 N–H and O–H groups in total. The van der Waals surface area contributed by atoms with Crippen molar-refractivity contribution in [2.75, 3.05) is 26.2 Å². The molecule has 2 rings (SSSR count). The maximum Gasteiger partial charge on any atom is 0.122 e. The normalized spacial score (nSPS) is 15.8. The van der Waals surface area contributed by atoms with Crippen molar-refractivity contribution in [1.82, 2.24) is 4.90 Å². The first-order chi connectivity index (χ1) is 8.30. The van der Waals surface area contributed by atoms with Gasteiger partial charge in [0.25, 0.3) is 0 Å². The number of hydrogen-bond donors (Lipinski definition) is 1. The summed E-state index contributed by atoms with van der Waals surface area (Å²) in [5.74, 6) is 1.05. The number of ether oxygens (including phenoxy) is 1. The first-order valence-corrected chi connectivity index (χ1v) is 6.49. The van der Waals surface area contributed by atoms with Crippen molar-refractivity contribution >= 4 is 0 Å². The highest BCUT2D eigenvalue weighted by atomic mass is 16.5. The van der Waals surface area contributed by atoms with Gasteiger partial charge in [-0.25, -0.2) is 0 Å². The summed E-state index contributed by atoms with van der Waals surface area (Å²) in [6.45, 7) is 7.92. The zero-order valence-corrected chi connectivity index (χ0v) is 10.8. The molecule has 1 heterocycles. The zero-order valence-electron chi connectivity index (χ0n) is 10.8. The minimum atomic E-state index is 0.330. The van der Waals surface area contributed by atoms with E-state index in [9.17, 15) is 0 Å². The third-order valence-electron chi connectivity index (χ3n) is 3.57. The number of rotatable bonds is 5. The molecule has 0 spiro atoms. The summed E-state index contributed by atoms with van der Waals surface area (Å²) in [7, 11) is 0. The molecular weight excluding hydrogens is 212 g/mol. The molecule has 1 aromatic rings. The summed E-state index contributed by atoms with van der Waals surface area (Å²) in [4.78, 5) is 2.40. The third kappa shape index (κ3) is 2.45. The Balaban J connectivity index is 2.25. The minimum Gasteiger partial charge on any atom is -0.493 e. The van der Waals surface area contributed by atoms with E-state index in [1.165, 1.54) is 11.1 Å². The monoisotopic (exact) mass is 234 g/mol. The van der Waals surface area contributed by atoms with Gasteiger partial charge in [-0.2, -0.15) is 0 Å². The van der Waals surface area contributed by atoms with Crippen molar-refractivity contribution < 1.29 is 4.74 Å². The first kappa shape index (κ1) is 12.4. The molecule has 3 nitrogen and oxygen atoms in total. The van der Waals surface area contributed by atoms with Crippen LogP contribution in [0, 0.1) is 0 Å². The van der Waals surface area contributed by atoms with Crippen LogP contribution in [0.4, 0.5) is 0 Å². The fourth-order valence-corrected chi connectivity index (χ4v) is 2.57. The Hall–Kier alpha value is -1.06. The fraction of sp³-hybridized carbons (Fsp3) is 0.571. The molecule has 1 atom stereocenters. The van der Waals surface area contributed by atoms with Gasteiger partial charge in [-0.1, -0.05) is 26.0 Å². The smallest absolute Gasteiger partial charge is 0.122 e. The van der Waals surface area contributed by atoms with E-state index in [0.29, 0.717) is 12.6 Å². The molecule has 1 aliphatic rings. The Morgan fingerprint density at radius 1 is 1.35 bits per heavy atom. The Kier molecular flexibility index (Phi) is 4.02. The predicted octanol–water partition coefficient (Wildman–Crippen LogP) is 1.96. The van der Waals surface area contributed by atoms with Crippen molar-refractivity contribution in [3.8, 4) is 5.75 Å². The summed E-state index contributed by atoms with van der Waals surface area (Å²) < 4.78 is 5.54. The molecule has 0 radical (unpaired) electrons. The Bertz CT molecular complexity index is 374. The second kappa shape index (κ2) is 5.52. The minimum absolute atomic E-state index is 0.330. The van der Waals surface area contributed by atoms with Crippen molar-refractivity contribution in [2.45, 2.75) is 26.3 Å². The average molecular weight is 234 g/mol. The van der Waals surface area contributed by atoms with Crippen LogP contribution >= 0.6 is 0 Å². The van der Waals surface area contributed by atoms with Crippen LogP contribution in [0.5, 0.6) is 5.75 Å². The lowest BCUT2D eigenvalue weighted by Crippen LogP contribution is -2.33. The number of nitrogens with two attached hydrogens (primary N) is 1. The zero-order chi connectivity index (χ0) is 12.3. The molecule has 0 saturated heterocycles. The summed E-state index contributed by atoms with van der Waals surface area (Å²) >= 11 is 0. The Morgan fingerprint density at radius 3 is 2.76 bits per heavy atom. The molecule has 1 aromatic carbocycles. The van der Waals surface area contributed by atoms with Gasteiger partial charge in [-0.15, -0.1) is 0 Å². The standard InChI is InChI=1S/C14H22N2O/c1-3-16(4-2)13(10-15)11-5-6-14-12(9-11)7-8-17-14/h5-6,9,13H,3-4,7-8,10,15H2,1-2H3. The second-order valence-corrected chi connectivity index (χ2v) is 4.44. The molecule has 0 fully saturated rings. The van der Waals surface area contributed by atoms with E-state index in [0.717, 1.165) is 31.9 Å². The molecule has 0 bridgehead atoms. The van der Waals surface area contributed by atoms with Crippen LogP contribution in [0.25, 0.3) is 0 Å². The summed E-state index contributed by atoms with van der Waals surface area (Å²) in [6.07, 6.45) is 1.03. The van der Waals surface area contributed by atoms with Gasteiger partial charge in [-0.05, 0) is 30.3 Å². The fourth-order valence-electron chi connectivity index (χ4n) is 2.57. The highest BCUT2D eigenvalue weighted by Crippen LogP contribution is 2.29. The number of fused-ring (bicyclic) bond motifs is 1. The maximum absolute atomic E-state index is 5.93. The second-order valence-electron chi connectivity index (χ2n) is 4.44. The van der Waals surface area contributed by atoms with E-state index in [1.807, 2.05) is 0 Å². The number of nitrogens with zero attached hydrogens (tertiary/aromatic N) is 1. The molecule has 94 valence electrons. The van der Waals surface area contributed by atoms with Gasteiger partial charge in [0.05, 0.1) is 6.61 Å². The highest BCUT2D eigenvalue weighted by Gasteiger charge is 2.19. The van der Waals surface area contributed by atoms with Crippen LogP contribution in [-0.2, 0) is 6.42 Å². The Morgan fingerprint density at radius 2 is 2.12 bits per heavy atom. The molecule has 0 aliphatic carbocycles. The number of likely N-dealkylation sites (N-methyl/N-ethyl adjacent to an activating group) is 1. The molecule has 3 heteroatoms. The third-order valence-corrected chi connectivity index (χ3v) is 3.57. The maximum atomic E-state index is 5.93. The number of benzene rings is 1. The quantitative estimate of drug-likeness (QED) is 0.846. The van der Waals surface area contributed by atoms with Gasteiger partial charge in [0.2, 0.25) is 0 Å². The lowest BCUT2D eigenvalue weighted by atomic mass is 10.0. The van der Waals surface area contributed by atoms with Crippen LogP contribution in [0.3, 0.4) is 0 Å². The van der Waals surface area contributed by atoms with Crippen molar-refractivity contribution in [3.63, 3.8) is 0 Å². The van der Waals surface area contributed by atoms with Gasteiger partial charge >= 0.3 is 0 Å². The van der Waals surface area contributed by atoms with E-state index in [4.69, 9.17) is 10.5 Å². The lowest BCUT2D eigenvalue weighted by molar-refractivity contribution is 0.224. The van der Waals surface area contributed by atoms with Gasteiger partial charge < -0.3 is 10.5 Å².